The van der Waals surface area contributed by atoms with Gasteiger partial charge in [0.15, 0.2) is 5.78 Å². The van der Waals surface area contributed by atoms with Crippen LogP contribution < -0.4 is 0 Å². The van der Waals surface area contributed by atoms with Gasteiger partial charge in [0, 0.05) is 36.3 Å². The normalized spacial score (nSPS) is 17.0. The van der Waals surface area contributed by atoms with E-state index in [4.69, 9.17) is 0 Å². The van der Waals surface area contributed by atoms with Crippen molar-refractivity contribution < 1.29 is 9.18 Å². The summed E-state index contributed by atoms with van der Waals surface area (Å²) in [7, 11) is 0. The maximum Gasteiger partial charge on any atom is 0.185 e. The highest BCUT2D eigenvalue weighted by Gasteiger charge is 2.24. The summed E-state index contributed by atoms with van der Waals surface area (Å²) < 4.78 is 13.1. The Morgan fingerprint density at radius 3 is 2.46 bits per heavy atom. The smallest absolute Gasteiger partial charge is 0.185 e. The Balaban J connectivity index is 1.65. The number of halogens is 1. The van der Waals surface area contributed by atoms with Gasteiger partial charge in [-0.1, -0.05) is 24.3 Å². The lowest BCUT2D eigenvalue weighted by atomic mass is 10.0. The number of carbonyl (C=O) groups excluding carboxylic acids is 1. The summed E-state index contributed by atoms with van der Waals surface area (Å²) >= 11 is 0. The molecule has 2 nitrogen and oxygen atoms in total. The highest BCUT2D eigenvalue weighted by atomic mass is 19.1. The Bertz CT molecular complexity index is 873. The molecule has 1 fully saturated rings. The summed E-state index contributed by atoms with van der Waals surface area (Å²) in [6.45, 7) is 2.18. The molecule has 0 amide bonds. The van der Waals surface area contributed by atoms with E-state index in [1.807, 2.05) is 12.1 Å². The van der Waals surface area contributed by atoms with Crippen LogP contribution in [0, 0.1) is 5.82 Å². The maximum absolute atomic E-state index is 13.1. The van der Waals surface area contributed by atoms with E-state index in [1.54, 1.807) is 6.08 Å². The summed E-state index contributed by atoms with van der Waals surface area (Å²) in [4.78, 5) is 14.9. The van der Waals surface area contributed by atoms with E-state index in [1.165, 1.54) is 60.4 Å². The van der Waals surface area contributed by atoms with Crippen molar-refractivity contribution >= 4 is 11.4 Å². The molecular weight excluding hydrogens is 325 g/mol. The molecule has 1 heterocycles. The number of likely N-dealkylation sites (tertiary alicyclic amines) is 1. The van der Waals surface area contributed by atoms with E-state index in [9.17, 15) is 9.18 Å². The summed E-state index contributed by atoms with van der Waals surface area (Å²) in [6.07, 6.45) is 8.25. The molecule has 0 saturated carbocycles. The van der Waals surface area contributed by atoms with Crippen LogP contribution in [-0.2, 0) is 6.42 Å². The van der Waals surface area contributed by atoms with E-state index >= 15 is 0 Å². The zero-order chi connectivity index (χ0) is 17.9. The first-order chi connectivity index (χ1) is 12.7. The van der Waals surface area contributed by atoms with Crippen LogP contribution in [0.1, 0.15) is 40.7 Å². The van der Waals surface area contributed by atoms with Crippen LogP contribution >= 0.6 is 0 Å². The van der Waals surface area contributed by atoms with Gasteiger partial charge in [0.05, 0.1) is 0 Å². The first kappa shape index (κ1) is 16.8. The van der Waals surface area contributed by atoms with Crippen molar-refractivity contribution in [1.82, 2.24) is 4.90 Å². The minimum atomic E-state index is -0.328. The number of hydrogen-bond acceptors (Lipinski definition) is 2. The summed E-state index contributed by atoms with van der Waals surface area (Å²) in [5, 5.41) is 0. The Morgan fingerprint density at radius 2 is 1.69 bits per heavy atom. The van der Waals surface area contributed by atoms with Crippen molar-refractivity contribution in [1.29, 1.82) is 0 Å². The number of carbonyl (C=O) groups is 1. The number of benzene rings is 2. The second-order valence-electron chi connectivity index (χ2n) is 6.95. The van der Waals surface area contributed by atoms with Gasteiger partial charge in [-0.15, -0.1) is 0 Å². The van der Waals surface area contributed by atoms with Crippen LogP contribution in [0.15, 0.2) is 66.4 Å². The van der Waals surface area contributed by atoms with Crippen LogP contribution in [-0.4, -0.2) is 23.8 Å². The molecule has 0 N–H and O–H groups in total. The van der Waals surface area contributed by atoms with Gasteiger partial charge in [-0.25, -0.2) is 4.39 Å². The Morgan fingerprint density at radius 1 is 0.962 bits per heavy atom. The van der Waals surface area contributed by atoms with E-state index in [0.717, 1.165) is 25.1 Å². The van der Waals surface area contributed by atoms with Gasteiger partial charge >= 0.3 is 0 Å². The Hall–Kier alpha value is -2.68. The van der Waals surface area contributed by atoms with Crippen LogP contribution in [0.4, 0.5) is 4.39 Å². The second kappa shape index (κ2) is 7.28. The predicted molar refractivity (Wildman–Crippen MR) is 102 cm³/mol. The van der Waals surface area contributed by atoms with Crippen molar-refractivity contribution in [3.8, 4) is 0 Å². The third-order valence-corrected chi connectivity index (χ3v) is 5.24. The fourth-order valence-corrected chi connectivity index (χ4v) is 3.87. The fraction of sp³-hybridized carbons (Fsp3) is 0.261. The van der Waals surface area contributed by atoms with Crippen LogP contribution in [0.5, 0.6) is 0 Å². The maximum atomic E-state index is 13.1. The monoisotopic (exact) mass is 347 g/mol. The van der Waals surface area contributed by atoms with E-state index in [2.05, 4.69) is 23.1 Å². The molecule has 2 aliphatic rings. The molecule has 0 aromatic heterocycles. The molecule has 0 spiro atoms. The van der Waals surface area contributed by atoms with Crippen molar-refractivity contribution in [3.63, 3.8) is 0 Å². The molecule has 2 aromatic rings. The van der Waals surface area contributed by atoms with Crippen molar-refractivity contribution in [2.24, 2.45) is 0 Å². The van der Waals surface area contributed by atoms with Gasteiger partial charge in [0.1, 0.15) is 5.82 Å². The molecular formula is C23H22FNO. The standard InChI is InChI=1S/C23H22FNO/c24-19-10-8-17(9-11-19)23(26)13-12-21-20-7-3-2-6-18(20)16-22(21)25-14-4-1-5-15-25/h2-3,6-13H,1,4-5,14-16H2. The van der Waals surface area contributed by atoms with Gasteiger partial charge < -0.3 is 4.90 Å². The van der Waals surface area contributed by atoms with Gasteiger partial charge in [0.25, 0.3) is 0 Å². The average Bonchev–Trinajstić information content (AvgIpc) is 3.06. The average molecular weight is 347 g/mol. The SMILES string of the molecule is O=C(C=CC1=C(N2CCCCC2)Cc2ccccc21)c1ccc(F)cc1. The molecule has 0 atom stereocenters. The van der Waals surface area contributed by atoms with E-state index < -0.39 is 0 Å². The third kappa shape index (κ3) is 3.34. The van der Waals surface area contributed by atoms with E-state index in [0.29, 0.717) is 5.56 Å². The molecule has 0 unspecified atom stereocenters. The lowest BCUT2D eigenvalue weighted by Gasteiger charge is -2.30. The molecule has 1 aliphatic carbocycles. The molecule has 1 saturated heterocycles. The summed E-state index contributed by atoms with van der Waals surface area (Å²) in [5.41, 5.74) is 5.53. The number of hydrogen-bond donors (Lipinski definition) is 0. The first-order valence-corrected chi connectivity index (χ1v) is 9.27. The van der Waals surface area contributed by atoms with Gasteiger partial charge in [-0.05, 0) is 66.8 Å². The van der Waals surface area contributed by atoms with Gasteiger partial charge in [0.2, 0.25) is 0 Å². The molecule has 0 radical (unpaired) electrons. The quantitative estimate of drug-likeness (QED) is 0.572. The van der Waals surface area contributed by atoms with Crippen molar-refractivity contribution in [2.75, 3.05) is 13.1 Å². The van der Waals surface area contributed by atoms with Crippen LogP contribution in [0.25, 0.3) is 5.57 Å². The number of nitrogens with zero attached hydrogens (tertiary/aromatic N) is 1. The lowest BCUT2D eigenvalue weighted by Crippen LogP contribution is -2.29. The highest BCUT2D eigenvalue weighted by molar-refractivity contribution is 6.06. The molecule has 3 heteroatoms. The van der Waals surface area contributed by atoms with E-state index in [-0.39, 0.29) is 11.6 Å². The number of ketones is 1. The zero-order valence-corrected chi connectivity index (χ0v) is 14.7. The molecule has 4 rings (SSSR count). The van der Waals surface area contributed by atoms with Crippen LogP contribution in [0.3, 0.4) is 0 Å². The molecule has 2 aromatic carbocycles. The van der Waals surface area contributed by atoms with Gasteiger partial charge in [-0.2, -0.15) is 0 Å². The predicted octanol–water partition coefficient (Wildman–Crippen LogP) is 5.02. The Kier molecular flexibility index (Phi) is 4.70. The van der Waals surface area contributed by atoms with Crippen molar-refractivity contribution in [3.05, 3.63) is 88.9 Å². The summed E-state index contributed by atoms with van der Waals surface area (Å²) in [5.74, 6) is -0.426. The van der Waals surface area contributed by atoms with Crippen LogP contribution in [0.2, 0.25) is 0 Å². The molecule has 132 valence electrons. The zero-order valence-electron chi connectivity index (χ0n) is 14.7. The lowest BCUT2D eigenvalue weighted by molar-refractivity contribution is 0.104. The number of allylic oxidation sites excluding steroid dienone is 4. The topological polar surface area (TPSA) is 20.3 Å². The molecule has 1 aliphatic heterocycles. The first-order valence-electron chi connectivity index (χ1n) is 9.27. The highest BCUT2D eigenvalue weighted by Crippen LogP contribution is 2.36. The number of rotatable bonds is 4. The minimum absolute atomic E-state index is 0.0973. The molecule has 26 heavy (non-hydrogen) atoms. The Labute approximate surface area is 153 Å². The fourth-order valence-electron chi connectivity index (χ4n) is 3.87. The largest absolute Gasteiger partial charge is 0.374 e. The molecule has 0 bridgehead atoms. The number of fused-ring (bicyclic) bond motifs is 1. The van der Waals surface area contributed by atoms with Crippen molar-refractivity contribution in [2.45, 2.75) is 25.7 Å². The third-order valence-electron chi connectivity index (χ3n) is 5.24. The summed E-state index contributed by atoms with van der Waals surface area (Å²) in [6, 6.07) is 14.1. The van der Waals surface area contributed by atoms with Gasteiger partial charge in [-0.3, -0.25) is 4.79 Å². The minimum Gasteiger partial charge on any atom is -0.374 e. The number of piperidine rings is 1. The second-order valence-corrected chi connectivity index (χ2v) is 6.95.